The molecule has 5 heteroatoms. The standard InChI is InChI=1S/C16H25O4P/c1-13(15(17)12-21(18,19)20)8-7-11-16(2,3)14-9-5-4-6-10-14/h4-6,9-10,13H,7-8,11-12H2,1-3H3,(H2,18,19,20)/t13-/m0/s1. The Bertz CT molecular complexity index is 504. The summed E-state index contributed by atoms with van der Waals surface area (Å²) in [6, 6.07) is 10.2. The predicted molar refractivity (Wildman–Crippen MR) is 84.4 cm³/mol. The highest BCUT2D eigenvalue weighted by Crippen LogP contribution is 2.35. The first kappa shape index (κ1) is 18.1. The maximum atomic E-state index is 11.7. The van der Waals surface area contributed by atoms with Crippen LogP contribution in [0.1, 0.15) is 45.6 Å². The molecular formula is C16H25O4P. The van der Waals surface area contributed by atoms with Crippen molar-refractivity contribution in [2.24, 2.45) is 5.92 Å². The van der Waals surface area contributed by atoms with E-state index >= 15 is 0 Å². The molecule has 1 rings (SSSR count). The third-order valence-corrected chi connectivity index (χ3v) is 4.63. The second-order valence-electron chi connectivity index (χ2n) is 6.33. The van der Waals surface area contributed by atoms with Crippen molar-refractivity contribution >= 4 is 13.4 Å². The third-order valence-electron chi connectivity index (χ3n) is 3.91. The number of hydrogen-bond donors (Lipinski definition) is 2. The van der Waals surface area contributed by atoms with Gasteiger partial charge in [0.05, 0.1) is 0 Å². The lowest BCUT2D eigenvalue weighted by Gasteiger charge is -2.25. The van der Waals surface area contributed by atoms with Gasteiger partial charge in [-0.05, 0) is 23.8 Å². The third kappa shape index (κ3) is 6.56. The highest BCUT2D eigenvalue weighted by atomic mass is 31.2. The molecule has 0 aliphatic rings. The van der Waals surface area contributed by atoms with Crippen LogP contribution in [0.3, 0.4) is 0 Å². The predicted octanol–water partition coefficient (Wildman–Crippen LogP) is 3.52. The van der Waals surface area contributed by atoms with Crippen LogP contribution in [-0.4, -0.2) is 21.7 Å². The Morgan fingerprint density at radius 2 is 1.81 bits per heavy atom. The topological polar surface area (TPSA) is 74.6 Å². The smallest absolute Gasteiger partial charge is 0.324 e. The fourth-order valence-corrected chi connectivity index (χ4v) is 3.12. The Balaban J connectivity index is 2.46. The zero-order valence-corrected chi connectivity index (χ0v) is 13.8. The second-order valence-corrected chi connectivity index (χ2v) is 7.98. The minimum Gasteiger partial charge on any atom is -0.324 e. The summed E-state index contributed by atoms with van der Waals surface area (Å²) in [7, 11) is -4.24. The number of ketones is 1. The molecule has 0 aromatic heterocycles. The van der Waals surface area contributed by atoms with E-state index in [1.54, 1.807) is 6.92 Å². The van der Waals surface area contributed by atoms with Crippen molar-refractivity contribution in [3.8, 4) is 0 Å². The molecule has 0 unspecified atom stereocenters. The minimum atomic E-state index is -4.24. The molecule has 0 aliphatic heterocycles. The van der Waals surface area contributed by atoms with Crippen molar-refractivity contribution in [1.29, 1.82) is 0 Å². The minimum absolute atomic E-state index is 0.0350. The normalized spacial score (nSPS) is 14.0. The van der Waals surface area contributed by atoms with Gasteiger partial charge in [0.1, 0.15) is 11.9 Å². The van der Waals surface area contributed by atoms with Crippen molar-refractivity contribution in [2.45, 2.75) is 45.4 Å². The van der Waals surface area contributed by atoms with Gasteiger partial charge in [-0.2, -0.15) is 0 Å². The summed E-state index contributed by atoms with van der Waals surface area (Å²) in [4.78, 5) is 29.4. The number of carbonyl (C=O) groups is 1. The van der Waals surface area contributed by atoms with Crippen LogP contribution in [0.25, 0.3) is 0 Å². The van der Waals surface area contributed by atoms with Gasteiger partial charge in [0.15, 0.2) is 0 Å². The van der Waals surface area contributed by atoms with Crippen molar-refractivity contribution in [3.63, 3.8) is 0 Å². The molecule has 4 nitrogen and oxygen atoms in total. The van der Waals surface area contributed by atoms with E-state index < -0.39 is 13.8 Å². The molecule has 0 amide bonds. The van der Waals surface area contributed by atoms with E-state index in [0.717, 1.165) is 12.8 Å². The molecule has 0 aliphatic carbocycles. The average Bonchev–Trinajstić information content (AvgIpc) is 2.37. The second kappa shape index (κ2) is 7.35. The van der Waals surface area contributed by atoms with Crippen LogP contribution in [0.15, 0.2) is 30.3 Å². The van der Waals surface area contributed by atoms with Gasteiger partial charge >= 0.3 is 7.60 Å². The zero-order chi connectivity index (χ0) is 16.1. The summed E-state index contributed by atoms with van der Waals surface area (Å²) in [5.74, 6) is -0.648. The number of rotatable bonds is 8. The van der Waals surface area contributed by atoms with Crippen LogP contribution in [-0.2, 0) is 14.8 Å². The molecule has 0 fully saturated rings. The Labute approximate surface area is 126 Å². The Kier molecular flexibility index (Phi) is 6.33. The number of carbonyl (C=O) groups excluding carboxylic acids is 1. The highest BCUT2D eigenvalue weighted by molar-refractivity contribution is 7.52. The van der Waals surface area contributed by atoms with Crippen LogP contribution >= 0.6 is 7.60 Å². The van der Waals surface area contributed by atoms with Crippen LogP contribution in [0.4, 0.5) is 0 Å². The first-order valence-electron chi connectivity index (χ1n) is 7.24. The lowest BCUT2D eigenvalue weighted by atomic mass is 9.79. The van der Waals surface area contributed by atoms with E-state index in [0.29, 0.717) is 6.42 Å². The van der Waals surface area contributed by atoms with Crippen LogP contribution in [0, 0.1) is 5.92 Å². The molecule has 1 atom stereocenters. The molecule has 0 saturated heterocycles. The lowest BCUT2D eigenvalue weighted by molar-refractivity contribution is -0.120. The highest BCUT2D eigenvalue weighted by Gasteiger charge is 2.25. The quantitative estimate of drug-likeness (QED) is 0.720. The summed E-state index contributed by atoms with van der Waals surface area (Å²) in [6.07, 6.45) is 1.81. The lowest BCUT2D eigenvalue weighted by Crippen LogP contribution is -2.19. The fraction of sp³-hybridized carbons (Fsp3) is 0.562. The van der Waals surface area contributed by atoms with Crippen LogP contribution < -0.4 is 0 Å². The first-order valence-corrected chi connectivity index (χ1v) is 9.04. The monoisotopic (exact) mass is 312 g/mol. The van der Waals surface area contributed by atoms with E-state index in [9.17, 15) is 9.36 Å². The van der Waals surface area contributed by atoms with E-state index in [2.05, 4.69) is 26.0 Å². The Morgan fingerprint density at radius 1 is 1.24 bits per heavy atom. The summed E-state index contributed by atoms with van der Waals surface area (Å²) in [5.41, 5.74) is 1.30. The van der Waals surface area contributed by atoms with Crippen molar-refractivity contribution < 1.29 is 19.1 Å². The average molecular weight is 312 g/mol. The van der Waals surface area contributed by atoms with Gasteiger partial charge in [0, 0.05) is 5.92 Å². The van der Waals surface area contributed by atoms with Crippen LogP contribution in [0.2, 0.25) is 0 Å². The molecule has 0 spiro atoms. The molecular weight excluding hydrogens is 287 g/mol. The fourth-order valence-electron chi connectivity index (χ4n) is 2.40. The number of Topliss-reactive ketones (excluding diaryl/α,β-unsaturated/α-hetero) is 1. The summed E-state index contributed by atoms with van der Waals surface area (Å²) < 4.78 is 10.8. The Hall–Kier alpha value is -0.960. The summed E-state index contributed by atoms with van der Waals surface area (Å²) >= 11 is 0. The zero-order valence-electron chi connectivity index (χ0n) is 13.0. The van der Waals surface area contributed by atoms with Crippen molar-refractivity contribution in [1.82, 2.24) is 0 Å². The van der Waals surface area contributed by atoms with E-state index in [1.165, 1.54) is 5.56 Å². The maximum absolute atomic E-state index is 11.7. The number of benzene rings is 1. The molecule has 0 heterocycles. The molecule has 1 aromatic carbocycles. The van der Waals surface area contributed by atoms with Crippen molar-refractivity contribution in [3.05, 3.63) is 35.9 Å². The molecule has 2 N–H and O–H groups in total. The van der Waals surface area contributed by atoms with E-state index in [-0.39, 0.29) is 17.1 Å². The van der Waals surface area contributed by atoms with Gasteiger partial charge in [-0.25, -0.2) is 0 Å². The molecule has 118 valence electrons. The number of hydrogen-bond acceptors (Lipinski definition) is 2. The molecule has 0 radical (unpaired) electrons. The maximum Gasteiger partial charge on any atom is 0.332 e. The van der Waals surface area contributed by atoms with Gasteiger partial charge in [0.2, 0.25) is 0 Å². The van der Waals surface area contributed by atoms with Crippen molar-refractivity contribution in [2.75, 3.05) is 6.16 Å². The summed E-state index contributed by atoms with van der Waals surface area (Å²) in [6.45, 7) is 6.09. The first-order chi connectivity index (χ1) is 9.62. The summed E-state index contributed by atoms with van der Waals surface area (Å²) in [5, 5.41) is 0. The Morgan fingerprint density at radius 3 is 2.33 bits per heavy atom. The van der Waals surface area contributed by atoms with Gasteiger partial charge in [-0.15, -0.1) is 0 Å². The van der Waals surface area contributed by atoms with Gasteiger partial charge in [-0.1, -0.05) is 57.5 Å². The molecule has 21 heavy (non-hydrogen) atoms. The van der Waals surface area contributed by atoms with Gasteiger partial charge in [-0.3, -0.25) is 9.36 Å². The van der Waals surface area contributed by atoms with Gasteiger partial charge in [0.25, 0.3) is 0 Å². The van der Waals surface area contributed by atoms with Crippen LogP contribution in [0.5, 0.6) is 0 Å². The largest absolute Gasteiger partial charge is 0.332 e. The van der Waals surface area contributed by atoms with E-state index in [1.807, 2.05) is 18.2 Å². The van der Waals surface area contributed by atoms with Gasteiger partial charge < -0.3 is 9.79 Å². The molecule has 1 aromatic rings. The molecule has 0 saturated carbocycles. The molecule has 0 bridgehead atoms. The van der Waals surface area contributed by atoms with E-state index in [4.69, 9.17) is 9.79 Å². The SMILES string of the molecule is C[C@@H](CCCC(C)(C)c1ccccc1)C(=O)CP(=O)(O)O.